The molecule has 0 spiro atoms. The van der Waals surface area contributed by atoms with Crippen LogP contribution in [-0.2, 0) is 11.3 Å². The van der Waals surface area contributed by atoms with Gasteiger partial charge in [0.1, 0.15) is 11.5 Å². The van der Waals surface area contributed by atoms with Crippen LogP contribution in [0, 0.1) is 5.92 Å². The molecular formula is C18H20ClNO3. The lowest BCUT2D eigenvalue weighted by Gasteiger charge is -2.11. The highest BCUT2D eigenvalue weighted by Gasteiger charge is 2.26. The van der Waals surface area contributed by atoms with E-state index < -0.39 is 5.97 Å². The summed E-state index contributed by atoms with van der Waals surface area (Å²) in [5.41, 5.74) is 0.891. The van der Waals surface area contributed by atoms with E-state index >= 15 is 0 Å². The number of hydrogen-bond acceptors (Lipinski definition) is 3. The van der Waals surface area contributed by atoms with Crippen molar-refractivity contribution in [2.75, 3.05) is 0 Å². The van der Waals surface area contributed by atoms with Crippen LogP contribution >= 0.6 is 11.6 Å². The smallest absolute Gasteiger partial charge is 0.303 e. The Kier molecular flexibility index (Phi) is 5.03. The Morgan fingerprint density at radius 1 is 1.26 bits per heavy atom. The molecule has 1 aliphatic carbocycles. The summed E-state index contributed by atoms with van der Waals surface area (Å²) in [7, 11) is 0. The standard InChI is InChI=1S/C18H20ClNO3/c19-16-4-2-1-3-15(16)17-8-7-14(23-17)11-20-13-6-5-12(9-13)10-18(21)22/h1-4,7-8,12-13,20H,5-6,9-11H2,(H,21,22)/t12-,13+/m1/s1. The number of nitrogens with one attached hydrogen (secondary N) is 1. The van der Waals surface area contributed by atoms with E-state index in [-0.39, 0.29) is 6.42 Å². The van der Waals surface area contributed by atoms with Crippen LogP contribution in [0.25, 0.3) is 11.3 Å². The molecule has 0 bridgehead atoms. The minimum Gasteiger partial charge on any atom is -0.481 e. The third-order valence-electron chi connectivity index (χ3n) is 4.37. The molecule has 2 N–H and O–H groups in total. The van der Waals surface area contributed by atoms with E-state index in [0.717, 1.165) is 36.3 Å². The number of aliphatic carboxylic acids is 1. The highest BCUT2D eigenvalue weighted by atomic mass is 35.5. The maximum Gasteiger partial charge on any atom is 0.303 e. The first-order valence-corrected chi connectivity index (χ1v) is 8.28. The van der Waals surface area contributed by atoms with Crippen molar-refractivity contribution in [1.82, 2.24) is 5.32 Å². The molecule has 3 rings (SSSR count). The zero-order chi connectivity index (χ0) is 16.2. The third-order valence-corrected chi connectivity index (χ3v) is 4.70. The maximum absolute atomic E-state index is 10.8. The Balaban J connectivity index is 1.54. The van der Waals surface area contributed by atoms with Crippen molar-refractivity contribution >= 4 is 17.6 Å². The van der Waals surface area contributed by atoms with E-state index in [2.05, 4.69) is 5.32 Å². The van der Waals surface area contributed by atoms with Gasteiger partial charge in [0.05, 0.1) is 11.6 Å². The zero-order valence-electron chi connectivity index (χ0n) is 12.8. The highest BCUT2D eigenvalue weighted by Crippen LogP contribution is 2.30. The van der Waals surface area contributed by atoms with Gasteiger partial charge in [0.15, 0.2) is 0 Å². The monoisotopic (exact) mass is 333 g/mol. The van der Waals surface area contributed by atoms with Crippen LogP contribution in [0.2, 0.25) is 5.02 Å². The molecule has 4 nitrogen and oxygen atoms in total. The number of carboxylic acids is 1. The SMILES string of the molecule is O=C(O)C[C@@H]1CC[C@H](NCc2ccc(-c3ccccc3Cl)o2)C1. The van der Waals surface area contributed by atoms with E-state index in [1.807, 2.05) is 36.4 Å². The van der Waals surface area contributed by atoms with E-state index in [1.165, 1.54) is 0 Å². The highest BCUT2D eigenvalue weighted by molar-refractivity contribution is 6.33. The van der Waals surface area contributed by atoms with Gasteiger partial charge in [-0.2, -0.15) is 0 Å². The molecule has 1 saturated carbocycles. The molecule has 23 heavy (non-hydrogen) atoms. The second-order valence-electron chi connectivity index (χ2n) is 6.10. The molecule has 0 radical (unpaired) electrons. The molecule has 1 aromatic carbocycles. The summed E-state index contributed by atoms with van der Waals surface area (Å²) < 4.78 is 5.86. The van der Waals surface area contributed by atoms with Crippen molar-refractivity contribution in [3.05, 3.63) is 47.2 Å². The fourth-order valence-electron chi connectivity index (χ4n) is 3.22. The Bertz CT molecular complexity index is 682. The van der Waals surface area contributed by atoms with Gasteiger partial charge in [-0.3, -0.25) is 4.79 Å². The summed E-state index contributed by atoms with van der Waals surface area (Å²) in [4.78, 5) is 10.8. The van der Waals surface area contributed by atoms with Crippen molar-refractivity contribution < 1.29 is 14.3 Å². The van der Waals surface area contributed by atoms with Gasteiger partial charge in [-0.05, 0) is 49.4 Å². The molecular weight excluding hydrogens is 314 g/mol. The number of hydrogen-bond donors (Lipinski definition) is 2. The quantitative estimate of drug-likeness (QED) is 0.825. The lowest BCUT2D eigenvalue weighted by Crippen LogP contribution is -2.25. The van der Waals surface area contributed by atoms with Crippen LogP contribution in [0.1, 0.15) is 31.4 Å². The van der Waals surface area contributed by atoms with Crippen molar-refractivity contribution in [3.8, 4) is 11.3 Å². The van der Waals surface area contributed by atoms with Gasteiger partial charge in [0, 0.05) is 18.0 Å². The first-order chi connectivity index (χ1) is 11.1. The fourth-order valence-corrected chi connectivity index (χ4v) is 3.45. The van der Waals surface area contributed by atoms with Gasteiger partial charge >= 0.3 is 5.97 Å². The van der Waals surface area contributed by atoms with E-state index in [9.17, 15) is 4.79 Å². The van der Waals surface area contributed by atoms with Crippen LogP contribution in [0.4, 0.5) is 0 Å². The number of halogens is 1. The topological polar surface area (TPSA) is 62.5 Å². The molecule has 122 valence electrons. The molecule has 0 aliphatic heterocycles. The Labute approximate surface area is 140 Å². The maximum atomic E-state index is 10.8. The summed E-state index contributed by atoms with van der Waals surface area (Å²) in [5.74, 6) is 1.22. The van der Waals surface area contributed by atoms with E-state index in [1.54, 1.807) is 0 Å². The lowest BCUT2D eigenvalue weighted by atomic mass is 10.0. The first kappa shape index (κ1) is 16.1. The third kappa shape index (κ3) is 4.15. The van der Waals surface area contributed by atoms with Gasteiger partial charge in [-0.1, -0.05) is 23.7 Å². The van der Waals surface area contributed by atoms with Crippen LogP contribution in [0.3, 0.4) is 0 Å². The summed E-state index contributed by atoms with van der Waals surface area (Å²) in [6.45, 7) is 0.648. The molecule has 1 aliphatic rings. The fraction of sp³-hybridized carbons (Fsp3) is 0.389. The average molecular weight is 334 g/mol. The predicted octanol–water partition coefficient (Wildman–Crippen LogP) is 4.33. The van der Waals surface area contributed by atoms with Crippen LogP contribution in [0.5, 0.6) is 0 Å². The number of rotatable bonds is 6. The summed E-state index contributed by atoms with van der Waals surface area (Å²) >= 11 is 6.18. The minimum atomic E-state index is -0.703. The number of carboxylic acid groups (broad SMARTS) is 1. The van der Waals surface area contributed by atoms with Crippen LogP contribution in [0.15, 0.2) is 40.8 Å². The largest absolute Gasteiger partial charge is 0.481 e. The number of carbonyl (C=O) groups is 1. The lowest BCUT2D eigenvalue weighted by molar-refractivity contribution is -0.138. The Morgan fingerprint density at radius 2 is 2.09 bits per heavy atom. The summed E-state index contributed by atoms with van der Waals surface area (Å²) in [6.07, 6.45) is 3.20. The number of furan rings is 1. The molecule has 0 amide bonds. The average Bonchev–Trinajstić information content (AvgIpc) is 3.14. The second-order valence-corrected chi connectivity index (χ2v) is 6.51. The summed E-state index contributed by atoms with van der Waals surface area (Å²) in [6, 6.07) is 11.9. The van der Waals surface area contributed by atoms with Gasteiger partial charge < -0.3 is 14.8 Å². The first-order valence-electron chi connectivity index (χ1n) is 7.90. The minimum absolute atomic E-state index is 0.273. The van der Waals surface area contributed by atoms with Gasteiger partial charge in [0.25, 0.3) is 0 Å². The van der Waals surface area contributed by atoms with Crippen molar-refractivity contribution in [3.63, 3.8) is 0 Å². The summed E-state index contributed by atoms with van der Waals surface area (Å²) in [5, 5.41) is 13.0. The molecule has 5 heteroatoms. The molecule has 2 atom stereocenters. The van der Waals surface area contributed by atoms with Gasteiger partial charge in [-0.25, -0.2) is 0 Å². The molecule has 0 saturated heterocycles. The zero-order valence-corrected chi connectivity index (χ0v) is 13.6. The van der Waals surface area contributed by atoms with Crippen LogP contribution < -0.4 is 5.32 Å². The number of benzene rings is 1. The Hall–Kier alpha value is -1.78. The van der Waals surface area contributed by atoms with Crippen LogP contribution in [-0.4, -0.2) is 17.1 Å². The molecule has 1 heterocycles. The van der Waals surface area contributed by atoms with E-state index in [4.69, 9.17) is 21.1 Å². The van der Waals surface area contributed by atoms with Gasteiger partial charge in [-0.15, -0.1) is 0 Å². The van der Waals surface area contributed by atoms with Crippen molar-refractivity contribution in [2.24, 2.45) is 5.92 Å². The molecule has 1 fully saturated rings. The molecule has 2 aromatic rings. The van der Waals surface area contributed by atoms with Crippen molar-refractivity contribution in [1.29, 1.82) is 0 Å². The normalized spacial score (nSPS) is 20.7. The van der Waals surface area contributed by atoms with E-state index in [0.29, 0.717) is 23.5 Å². The molecule has 1 aromatic heterocycles. The Morgan fingerprint density at radius 3 is 2.87 bits per heavy atom. The van der Waals surface area contributed by atoms with Gasteiger partial charge in [0.2, 0.25) is 0 Å². The molecule has 0 unspecified atom stereocenters. The predicted molar refractivity (Wildman–Crippen MR) is 89.4 cm³/mol. The second kappa shape index (κ2) is 7.20. The van der Waals surface area contributed by atoms with Crippen molar-refractivity contribution in [2.45, 2.75) is 38.3 Å².